The van der Waals surface area contributed by atoms with E-state index in [0.29, 0.717) is 0 Å². The molecule has 0 bridgehead atoms. The van der Waals surface area contributed by atoms with Crippen molar-refractivity contribution in [1.29, 1.82) is 0 Å². The molecule has 0 aromatic heterocycles. The Morgan fingerprint density at radius 3 is 2.73 bits per heavy atom. The Labute approximate surface area is 70.7 Å². The topological polar surface area (TPSA) is 12.4 Å². The lowest BCUT2D eigenvalue weighted by Crippen LogP contribution is -1.73. The Bertz CT molecular complexity index is 260. The summed E-state index contributed by atoms with van der Waals surface area (Å²) in [6.07, 6.45) is 0. The lowest BCUT2D eigenvalue weighted by Gasteiger charge is -1.91. The van der Waals surface area contributed by atoms with Gasteiger partial charge in [-0.2, -0.15) is 0 Å². The van der Waals surface area contributed by atoms with Gasteiger partial charge in [-0.1, -0.05) is 30.3 Å². The predicted molar refractivity (Wildman–Crippen MR) is 52.5 cm³/mol. The number of hydrogen-bond donors (Lipinski definition) is 1. The molecule has 1 rings (SSSR count). The van der Waals surface area contributed by atoms with Crippen LogP contribution in [-0.4, -0.2) is 12.2 Å². The molecule has 0 aliphatic heterocycles. The van der Waals surface area contributed by atoms with Crippen LogP contribution in [-0.2, 0) is 5.75 Å². The number of thiol groups is 1. The maximum Gasteiger partial charge on any atom is 0.0377 e. The van der Waals surface area contributed by atoms with Gasteiger partial charge in [0.2, 0.25) is 0 Å². The molecule has 1 aromatic carbocycles. The van der Waals surface area contributed by atoms with E-state index in [1.807, 2.05) is 18.2 Å². The summed E-state index contributed by atoms with van der Waals surface area (Å²) < 4.78 is 0. The number of hydrogen-bond acceptors (Lipinski definition) is 1. The zero-order valence-electron chi connectivity index (χ0n) is 6.49. The number of isothiocyanates is 1. The molecule has 2 heteroatoms. The fourth-order valence-corrected chi connectivity index (χ4v) is 1.39. The largest absolute Gasteiger partial charge is 0.241 e. The monoisotopic (exact) mass is 165 g/mol. The third-order valence-corrected chi connectivity index (χ3v) is 2.14. The molecule has 1 nitrogen and oxygen atoms in total. The minimum atomic E-state index is 1.01. The van der Waals surface area contributed by atoms with Crippen LogP contribution >= 0.6 is 11.4 Å². The summed E-state index contributed by atoms with van der Waals surface area (Å²) in [5.74, 6) is 1.01. The highest BCUT2D eigenvalue weighted by molar-refractivity contribution is 7.96. The Balaban J connectivity index is 2.59. The molecule has 58 valence electrons. The van der Waals surface area contributed by atoms with Gasteiger partial charge in [0.1, 0.15) is 0 Å². The second-order valence-electron chi connectivity index (χ2n) is 2.13. The molecule has 0 saturated heterocycles. The quantitative estimate of drug-likeness (QED) is 0.392. The van der Waals surface area contributed by atoms with E-state index in [2.05, 4.69) is 22.3 Å². The van der Waals surface area contributed by atoms with Crippen LogP contribution in [0.2, 0.25) is 0 Å². The third kappa shape index (κ3) is 3.17. The second kappa shape index (κ2) is 4.89. The molecular weight excluding hydrogens is 154 g/mol. The van der Waals surface area contributed by atoms with Crippen molar-refractivity contribution in [3.8, 4) is 0 Å². The van der Waals surface area contributed by atoms with Gasteiger partial charge in [-0.25, -0.2) is 4.99 Å². The van der Waals surface area contributed by atoms with Crippen molar-refractivity contribution in [3.05, 3.63) is 35.9 Å². The number of aliphatic imine (C=N–C) groups is 1. The van der Waals surface area contributed by atoms with Crippen LogP contribution in [0.4, 0.5) is 0 Å². The van der Waals surface area contributed by atoms with Gasteiger partial charge in [-0.05, 0) is 5.56 Å². The smallest absolute Gasteiger partial charge is 0.0377 e. The second-order valence-corrected chi connectivity index (χ2v) is 2.96. The van der Waals surface area contributed by atoms with Crippen molar-refractivity contribution in [2.45, 2.75) is 5.75 Å². The van der Waals surface area contributed by atoms with Gasteiger partial charge in [0.05, 0.1) is 0 Å². The highest BCUT2D eigenvalue weighted by Gasteiger charge is 1.83. The zero-order chi connectivity index (χ0) is 7.94. The van der Waals surface area contributed by atoms with Crippen LogP contribution in [0.3, 0.4) is 0 Å². The molecule has 0 radical (unpaired) electrons. The fourth-order valence-electron chi connectivity index (χ4n) is 0.781. The fraction of sp³-hybridized carbons (Fsp3) is 0.222. The average Bonchev–Trinajstić information content (AvgIpc) is 2.07. The van der Waals surface area contributed by atoms with E-state index >= 15 is 0 Å². The van der Waals surface area contributed by atoms with Gasteiger partial charge < -0.3 is 0 Å². The van der Waals surface area contributed by atoms with Gasteiger partial charge in [0.15, 0.2) is 0 Å². The molecular formula is C9H11NS. The Hall–Kier alpha value is -0.850. The van der Waals surface area contributed by atoms with E-state index in [1.165, 1.54) is 5.56 Å². The van der Waals surface area contributed by atoms with E-state index in [0.717, 1.165) is 17.1 Å². The molecule has 0 N–H and O–H groups in total. The van der Waals surface area contributed by atoms with Crippen LogP contribution in [0.25, 0.3) is 0 Å². The van der Waals surface area contributed by atoms with Gasteiger partial charge in [-0.15, -0.1) is 11.4 Å². The van der Waals surface area contributed by atoms with E-state index in [-0.39, 0.29) is 0 Å². The summed E-state index contributed by atoms with van der Waals surface area (Å²) in [7, 11) is 1.75. The molecule has 0 aliphatic carbocycles. The average molecular weight is 165 g/mol. The molecule has 0 atom stereocenters. The lowest BCUT2D eigenvalue weighted by atomic mass is 10.2. The van der Waals surface area contributed by atoms with Crippen molar-refractivity contribution in [1.82, 2.24) is 0 Å². The molecule has 0 aliphatic rings. The number of benzene rings is 1. The summed E-state index contributed by atoms with van der Waals surface area (Å²) >= 11 is 1.14. The summed E-state index contributed by atoms with van der Waals surface area (Å²) in [4.78, 5) is 3.79. The molecule has 0 fully saturated rings. The number of nitrogens with zero attached hydrogens (tertiary/aromatic N) is 1. The molecule has 0 unspecified atom stereocenters. The summed E-state index contributed by atoms with van der Waals surface area (Å²) in [6.45, 7) is 0. The van der Waals surface area contributed by atoms with Crippen molar-refractivity contribution in [2.75, 3.05) is 7.05 Å². The third-order valence-electron chi connectivity index (χ3n) is 1.28. The van der Waals surface area contributed by atoms with Crippen LogP contribution < -0.4 is 0 Å². The van der Waals surface area contributed by atoms with Gasteiger partial charge >= 0.3 is 0 Å². The first-order valence-corrected chi connectivity index (χ1v) is 4.55. The molecule has 11 heavy (non-hydrogen) atoms. The highest BCUT2D eigenvalue weighted by atomic mass is 32.1. The number of rotatable bonds is 2. The zero-order valence-corrected chi connectivity index (χ0v) is 7.38. The Morgan fingerprint density at radius 2 is 2.09 bits per heavy atom. The van der Waals surface area contributed by atoms with Crippen LogP contribution in [0.5, 0.6) is 0 Å². The maximum absolute atomic E-state index is 3.79. The lowest BCUT2D eigenvalue weighted by molar-refractivity contribution is 1.43. The minimum absolute atomic E-state index is 1.01. The highest BCUT2D eigenvalue weighted by Crippen LogP contribution is 2.03. The Morgan fingerprint density at radius 1 is 1.36 bits per heavy atom. The minimum Gasteiger partial charge on any atom is -0.241 e. The van der Waals surface area contributed by atoms with E-state index in [1.54, 1.807) is 7.05 Å². The normalized spacial score (nSPS) is 8.82. The first kappa shape index (κ1) is 8.25. The van der Waals surface area contributed by atoms with Gasteiger partial charge in [0.25, 0.3) is 0 Å². The first-order chi connectivity index (χ1) is 5.43. The standard InChI is InChI=1S/C9H11NS/c1-10-8-11-7-9-5-3-2-4-6-9/h2-6,11H,7H2,1H3. The summed E-state index contributed by atoms with van der Waals surface area (Å²) in [6, 6.07) is 10.4. The van der Waals surface area contributed by atoms with E-state index < -0.39 is 0 Å². The molecule has 0 saturated carbocycles. The van der Waals surface area contributed by atoms with E-state index in [9.17, 15) is 0 Å². The van der Waals surface area contributed by atoms with Crippen molar-refractivity contribution < 1.29 is 0 Å². The Kier molecular flexibility index (Phi) is 3.67. The van der Waals surface area contributed by atoms with Crippen molar-refractivity contribution >= 4 is 16.5 Å². The van der Waals surface area contributed by atoms with Gasteiger partial charge in [-0.3, -0.25) is 0 Å². The van der Waals surface area contributed by atoms with Crippen molar-refractivity contribution in [2.24, 2.45) is 4.99 Å². The summed E-state index contributed by atoms with van der Waals surface area (Å²) in [5.41, 5.74) is 1.34. The SMILES string of the molecule is CN=C=[SH]Cc1ccccc1. The van der Waals surface area contributed by atoms with E-state index in [4.69, 9.17) is 0 Å². The van der Waals surface area contributed by atoms with Crippen LogP contribution in [0.1, 0.15) is 5.56 Å². The molecule has 1 aromatic rings. The molecule has 0 spiro atoms. The summed E-state index contributed by atoms with van der Waals surface area (Å²) in [5, 5.41) is 2.89. The molecule has 0 heterocycles. The van der Waals surface area contributed by atoms with Gasteiger partial charge in [0, 0.05) is 18.0 Å². The maximum atomic E-state index is 3.79. The van der Waals surface area contributed by atoms with Crippen molar-refractivity contribution in [3.63, 3.8) is 0 Å². The molecule has 0 amide bonds. The predicted octanol–water partition coefficient (Wildman–Crippen LogP) is 2.19. The van der Waals surface area contributed by atoms with Crippen LogP contribution in [0.15, 0.2) is 35.3 Å². The first-order valence-electron chi connectivity index (χ1n) is 3.47. The van der Waals surface area contributed by atoms with Crippen LogP contribution in [0, 0.1) is 0 Å².